The van der Waals surface area contributed by atoms with Gasteiger partial charge in [0.25, 0.3) is 0 Å². The number of aliphatic hydroxyl groups excluding tert-OH is 16. The fourth-order valence-corrected chi connectivity index (χ4v) is 4.98. The van der Waals surface area contributed by atoms with E-state index >= 15 is 0 Å². The van der Waals surface area contributed by atoms with Gasteiger partial charge in [-0.1, -0.05) is 0 Å². The Labute approximate surface area is 260 Å². The molecule has 0 amide bonds. The molecular formula is C24H44O22. The summed E-state index contributed by atoms with van der Waals surface area (Å²) in [4.78, 5) is 0. The van der Waals surface area contributed by atoms with Crippen LogP contribution in [0, 0.1) is 0 Å². The van der Waals surface area contributed by atoms with Gasteiger partial charge in [0, 0.05) is 0 Å². The lowest BCUT2D eigenvalue weighted by molar-refractivity contribution is -0.376. The molecule has 0 aromatic carbocycles. The standard InChI is InChI=1S/2C12H22O11/c2*13-1-3-5(15)7(17)9(19)11(21-3)23-12-10(20)8(18)6(16)4(2-14)22-12/h2*3-20H,1-2H2/t2*3-,4-,5-,6-,7+,8+,9-,10-,11-,12-/m11/s1. The maximum atomic E-state index is 9.84. The molecule has 0 saturated carbocycles. The van der Waals surface area contributed by atoms with E-state index in [4.69, 9.17) is 48.8 Å². The summed E-state index contributed by atoms with van der Waals surface area (Å²) in [7, 11) is 0. The average molecular weight is 685 g/mol. The van der Waals surface area contributed by atoms with Gasteiger partial charge in [0.15, 0.2) is 25.2 Å². The molecule has 22 nitrogen and oxygen atoms in total. The van der Waals surface area contributed by atoms with Gasteiger partial charge in [0.1, 0.15) is 97.7 Å². The van der Waals surface area contributed by atoms with Gasteiger partial charge in [0.2, 0.25) is 0 Å². The van der Waals surface area contributed by atoms with Crippen LogP contribution in [0.1, 0.15) is 0 Å². The first kappa shape index (κ1) is 39.6. The minimum absolute atomic E-state index is 0.667. The van der Waals surface area contributed by atoms with E-state index in [1.165, 1.54) is 0 Å². The summed E-state index contributed by atoms with van der Waals surface area (Å²) in [5.74, 6) is 0. The van der Waals surface area contributed by atoms with Gasteiger partial charge in [-0.3, -0.25) is 0 Å². The van der Waals surface area contributed by atoms with Gasteiger partial charge in [-0.15, -0.1) is 0 Å². The Morgan fingerprint density at radius 2 is 0.457 bits per heavy atom. The van der Waals surface area contributed by atoms with E-state index in [2.05, 4.69) is 0 Å². The van der Waals surface area contributed by atoms with Crippen molar-refractivity contribution in [1.82, 2.24) is 0 Å². The highest BCUT2D eigenvalue weighted by Gasteiger charge is 2.51. The highest BCUT2D eigenvalue weighted by atomic mass is 16.8. The van der Waals surface area contributed by atoms with Gasteiger partial charge >= 0.3 is 0 Å². The average Bonchev–Trinajstić information content (AvgIpc) is 3.05. The van der Waals surface area contributed by atoms with Crippen molar-refractivity contribution in [3.05, 3.63) is 0 Å². The van der Waals surface area contributed by atoms with Crippen molar-refractivity contribution in [2.75, 3.05) is 26.4 Å². The number of hydrogen-bond acceptors (Lipinski definition) is 22. The molecule has 0 spiro atoms. The number of hydrogen-bond donors (Lipinski definition) is 16. The minimum atomic E-state index is -1.72. The van der Waals surface area contributed by atoms with E-state index in [-0.39, 0.29) is 0 Å². The Hall–Kier alpha value is -0.880. The van der Waals surface area contributed by atoms with E-state index in [0.29, 0.717) is 0 Å². The van der Waals surface area contributed by atoms with Crippen molar-refractivity contribution >= 4 is 0 Å². The summed E-state index contributed by atoms with van der Waals surface area (Å²) in [6, 6.07) is 0. The van der Waals surface area contributed by atoms with Crippen molar-refractivity contribution in [2.24, 2.45) is 0 Å². The van der Waals surface area contributed by atoms with Crippen LogP contribution in [-0.2, 0) is 28.4 Å². The van der Waals surface area contributed by atoms with Crippen LogP contribution in [0.3, 0.4) is 0 Å². The molecule has 0 radical (unpaired) electrons. The first-order valence-corrected chi connectivity index (χ1v) is 14.2. The zero-order valence-corrected chi connectivity index (χ0v) is 24.0. The Kier molecular flexibility index (Phi) is 14.8. The van der Waals surface area contributed by atoms with Crippen molar-refractivity contribution in [1.29, 1.82) is 0 Å². The fraction of sp³-hybridized carbons (Fsp3) is 1.00. The SMILES string of the molecule is OC[C@H]1O[C@H](O[C@H]2O[C@H](CO)[C@@H](O)[C@H](O)[C@H]2O)[C@H](O)[C@@H](O)[C@@H]1O.OC[C@H]1O[C@H](O[C@H]2O[C@H](CO)[C@@H](O)[C@H](O)[C@H]2O)[C@H](O)[C@@H](O)[C@@H]1O. The lowest BCUT2D eigenvalue weighted by atomic mass is 9.98. The van der Waals surface area contributed by atoms with Crippen molar-refractivity contribution in [3.63, 3.8) is 0 Å². The Morgan fingerprint density at radius 1 is 0.283 bits per heavy atom. The second-order valence-electron chi connectivity index (χ2n) is 11.1. The van der Waals surface area contributed by atoms with Crippen LogP contribution in [0.15, 0.2) is 0 Å². The third-order valence-corrected chi connectivity index (χ3v) is 7.93. The molecule has 0 unspecified atom stereocenters. The molecule has 0 bridgehead atoms. The van der Waals surface area contributed by atoms with E-state index < -0.39 is 149 Å². The zero-order chi connectivity index (χ0) is 34.6. The van der Waals surface area contributed by atoms with Crippen LogP contribution < -0.4 is 0 Å². The first-order valence-electron chi connectivity index (χ1n) is 14.2. The molecule has 0 aliphatic carbocycles. The second kappa shape index (κ2) is 17.2. The van der Waals surface area contributed by atoms with Gasteiger partial charge in [-0.25, -0.2) is 0 Å². The molecule has 4 saturated heterocycles. The molecule has 4 fully saturated rings. The zero-order valence-electron chi connectivity index (χ0n) is 24.0. The molecule has 20 atom stereocenters. The predicted molar refractivity (Wildman–Crippen MR) is 137 cm³/mol. The summed E-state index contributed by atoms with van der Waals surface area (Å²) in [6.45, 7) is -2.67. The van der Waals surface area contributed by atoms with Crippen LogP contribution in [0.4, 0.5) is 0 Å². The molecule has 4 aliphatic rings. The largest absolute Gasteiger partial charge is 0.394 e. The normalized spacial score (nSPS) is 51.7. The van der Waals surface area contributed by atoms with Crippen molar-refractivity contribution in [2.45, 2.75) is 123 Å². The highest BCUT2D eigenvalue weighted by Crippen LogP contribution is 2.29. The predicted octanol–water partition coefficient (Wildman–Crippen LogP) is -10.8. The summed E-state index contributed by atoms with van der Waals surface area (Å²) in [5.41, 5.74) is 0. The van der Waals surface area contributed by atoms with E-state index in [0.717, 1.165) is 0 Å². The molecule has 0 aromatic rings. The third kappa shape index (κ3) is 8.45. The van der Waals surface area contributed by atoms with E-state index in [1.807, 2.05) is 0 Å². The van der Waals surface area contributed by atoms with Gasteiger partial charge in [0.05, 0.1) is 26.4 Å². The third-order valence-electron chi connectivity index (χ3n) is 7.93. The first-order chi connectivity index (χ1) is 21.6. The van der Waals surface area contributed by atoms with Gasteiger partial charge < -0.3 is 110 Å². The molecule has 4 heterocycles. The Balaban J connectivity index is 0.000000250. The lowest BCUT2D eigenvalue weighted by Crippen LogP contribution is -2.63. The summed E-state index contributed by atoms with van der Waals surface area (Å²) >= 11 is 0. The monoisotopic (exact) mass is 684 g/mol. The summed E-state index contributed by atoms with van der Waals surface area (Å²) in [6.07, 6.45) is -31.2. The van der Waals surface area contributed by atoms with E-state index in [9.17, 15) is 61.3 Å². The maximum absolute atomic E-state index is 9.84. The van der Waals surface area contributed by atoms with Crippen LogP contribution >= 0.6 is 0 Å². The van der Waals surface area contributed by atoms with Gasteiger partial charge in [-0.05, 0) is 0 Å². The molecule has 46 heavy (non-hydrogen) atoms. The second-order valence-corrected chi connectivity index (χ2v) is 11.1. The summed E-state index contributed by atoms with van der Waals surface area (Å²) < 4.78 is 30.6. The Morgan fingerprint density at radius 3 is 0.609 bits per heavy atom. The maximum Gasteiger partial charge on any atom is 0.189 e. The van der Waals surface area contributed by atoms with Crippen molar-refractivity contribution < 1.29 is 110 Å². The van der Waals surface area contributed by atoms with Crippen LogP contribution in [0.2, 0.25) is 0 Å². The van der Waals surface area contributed by atoms with E-state index in [1.54, 1.807) is 0 Å². The highest BCUT2D eigenvalue weighted by molar-refractivity contribution is 4.93. The number of rotatable bonds is 8. The van der Waals surface area contributed by atoms with Crippen molar-refractivity contribution in [3.8, 4) is 0 Å². The van der Waals surface area contributed by atoms with Gasteiger partial charge in [-0.2, -0.15) is 0 Å². The molecule has 4 aliphatic heterocycles. The molecule has 0 aromatic heterocycles. The number of aliphatic hydroxyl groups is 16. The smallest absolute Gasteiger partial charge is 0.189 e. The topological polar surface area (TPSA) is 379 Å². The fourth-order valence-electron chi connectivity index (χ4n) is 4.98. The lowest BCUT2D eigenvalue weighted by Gasteiger charge is -2.44. The number of ether oxygens (including phenoxy) is 6. The molecule has 272 valence electrons. The van der Waals surface area contributed by atoms with Crippen LogP contribution in [0.5, 0.6) is 0 Å². The molecular weight excluding hydrogens is 640 g/mol. The Bertz CT molecular complexity index is 758. The molecule has 22 heteroatoms. The minimum Gasteiger partial charge on any atom is -0.394 e. The van der Waals surface area contributed by atoms with Crippen LogP contribution in [0.25, 0.3) is 0 Å². The summed E-state index contributed by atoms with van der Waals surface area (Å²) in [5, 5.41) is 153. The molecule has 16 N–H and O–H groups in total. The van der Waals surface area contributed by atoms with Crippen LogP contribution in [-0.4, -0.2) is 231 Å². The molecule has 4 rings (SSSR count). The quantitative estimate of drug-likeness (QED) is 0.113.